The fourth-order valence-corrected chi connectivity index (χ4v) is 2.78. The second-order valence-electron chi connectivity index (χ2n) is 6.70. The molecule has 88 valence electrons. The van der Waals surface area contributed by atoms with E-state index < -0.39 is 0 Å². The minimum absolute atomic E-state index is 0.284. The van der Waals surface area contributed by atoms with Crippen LogP contribution in [0.3, 0.4) is 0 Å². The Labute approximate surface area is 100 Å². The highest BCUT2D eigenvalue weighted by molar-refractivity contribution is 5.60. The standard InChI is InChI=1S/C16H24/c1-10(2)13-7-11(3)14-8-12(9-15(13)14)16(4,5)6/h8-10,13H,7H2,1-6H3. The summed E-state index contributed by atoms with van der Waals surface area (Å²) in [5.41, 5.74) is 6.53. The van der Waals surface area contributed by atoms with Crippen LogP contribution in [0, 0.1) is 17.3 Å². The molecule has 2 aliphatic rings. The summed E-state index contributed by atoms with van der Waals surface area (Å²) in [4.78, 5) is 0. The van der Waals surface area contributed by atoms with Crippen LogP contribution in [0.5, 0.6) is 0 Å². The lowest BCUT2D eigenvalue weighted by Gasteiger charge is -2.20. The summed E-state index contributed by atoms with van der Waals surface area (Å²) >= 11 is 0. The molecule has 0 spiro atoms. The molecule has 0 heterocycles. The van der Waals surface area contributed by atoms with Crippen LogP contribution in [0.2, 0.25) is 0 Å². The summed E-state index contributed by atoms with van der Waals surface area (Å²) in [5.74, 6) is 1.51. The van der Waals surface area contributed by atoms with Gasteiger partial charge in [-0.05, 0) is 47.3 Å². The summed E-state index contributed by atoms with van der Waals surface area (Å²) in [6.45, 7) is 13.9. The topological polar surface area (TPSA) is 0 Å². The SMILES string of the molecule is CC1=C2C=C(C(C)(C)C)C=C2C(C(C)C)C1. The van der Waals surface area contributed by atoms with E-state index in [1.807, 2.05) is 0 Å². The van der Waals surface area contributed by atoms with Crippen molar-refractivity contribution in [3.63, 3.8) is 0 Å². The third-order valence-electron chi connectivity index (χ3n) is 3.98. The first kappa shape index (κ1) is 11.7. The fraction of sp³-hybridized carbons (Fsp3) is 0.625. The lowest BCUT2D eigenvalue weighted by Crippen LogP contribution is -2.09. The number of rotatable bonds is 1. The molecule has 0 aromatic rings. The average molecular weight is 216 g/mol. The molecule has 0 amide bonds. The van der Waals surface area contributed by atoms with Crippen LogP contribution in [-0.4, -0.2) is 0 Å². The number of hydrogen-bond acceptors (Lipinski definition) is 0. The van der Waals surface area contributed by atoms with Crippen molar-refractivity contribution in [3.8, 4) is 0 Å². The molecule has 0 N–H and O–H groups in total. The molecule has 0 aliphatic heterocycles. The summed E-state index contributed by atoms with van der Waals surface area (Å²) in [6, 6.07) is 0. The third kappa shape index (κ3) is 1.79. The van der Waals surface area contributed by atoms with Crippen LogP contribution in [0.25, 0.3) is 0 Å². The highest BCUT2D eigenvalue weighted by Gasteiger charge is 2.33. The summed E-state index contributed by atoms with van der Waals surface area (Å²) in [7, 11) is 0. The van der Waals surface area contributed by atoms with Crippen molar-refractivity contribution in [2.75, 3.05) is 0 Å². The Kier molecular flexibility index (Phi) is 2.64. The lowest BCUT2D eigenvalue weighted by molar-refractivity contribution is 0.459. The lowest BCUT2D eigenvalue weighted by atomic mass is 9.85. The third-order valence-corrected chi connectivity index (χ3v) is 3.98. The van der Waals surface area contributed by atoms with Crippen molar-refractivity contribution in [2.45, 2.75) is 48.0 Å². The van der Waals surface area contributed by atoms with Crippen molar-refractivity contribution >= 4 is 0 Å². The number of allylic oxidation sites excluding steroid dienone is 6. The van der Waals surface area contributed by atoms with Gasteiger partial charge in [0.2, 0.25) is 0 Å². The second-order valence-corrected chi connectivity index (χ2v) is 6.70. The zero-order valence-corrected chi connectivity index (χ0v) is 11.5. The first-order chi connectivity index (χ1) is 7.30. The highest BCUT2D eigenvalue weighted by Crippen LogP contribution is 2.47. The second kappa shape index (κ2) is 3.61. The molecule has 0 nitrogen and oxygen atoms in total. The summed E-state index contributed by atoms with van der Waals surface area (Å²) in [5, 5.41) is 0. The van der Waals surface area contributed by atoms with E-state index in [2.05, 4.69) is 53.7 Å². The molecule has 1 atom stereocenters. The van der Waals surface area contributed by atoms with Gasteiger partial charge in [0.15, 0.2) is 0 Å². The molecular formula is C16H24. The molecule has 0 saturated carbocycles. The summed E-state index contributed by atoms with van der Waals surface area (Å²) in [6.07, 6.45) is 6.15. The van der Waals surface area contributed by atoms with Crippen LogP contribution in [-0.2, 0) is 0 Å². The molecule has 0 bridgehead atoms. The minimum Gasteiger partial charge on any atom is -0.0652 e. The van der Waals surface area contributed by atoms with Gasteiger partial charge in [-0.1, -0.05) is 52.3 Å². The van der Waals surface area contributed by atoms with E-state index in [-0.39, 0.29) is 5.41 Å². The average Bonchev–Trinajstić information content (AvgIpc) is 2.65. The molecule has 1 unspecified atom stereocenters. The largest absolute Gasteiger partial charge is 0.0652 e. The quantitative estimate of drug-likeness (QED) is 0.585. The monoisotopic (exact) mass is 216 g/mol. The first-order valence-electron chi connectivity index (χ1n) is 6.44. The fourth-order valence-electron chi connectivity index (χ4n) is 2.78. The molecule has 0 radical (unpaired) electrons. The molecule has 0 heteroatoms. The van der Waals surface area contributed by atoms with Gasteiger partial charge >= 0.3 is 0 Å². The Balaban J connectivity index is 2.38. The highest BCUT2D eigenvalue weighted by atomic mass is 14.4. The first-order valence-corrected chi connectivity index (χ1v) is 6.44. The molecule has 2 aliphatic carbocycles. The van der Waals surface area contributed by atoms with Crippen LogP contribution in [0.15, 0.2) is 34.4 Å². The van der Waals surface area contributed by atoms with E-state index >= 15 is 0 Å². The van der Waals surface area contributed by atoms with Gasteiger partial charge in [0.05, 0.1) is 0 Å². The Morgan fingerprint density at radius 3 is 2.31 bits per heavy atom. The van der Waals surface area contributed by atoms with E-state index in [9.17, 15) is 0 Å². The van der Waals surface area contributed by atoms with Gasteiger partial charge in [0, 0.05) is 0 Å². The van der Waals surface area contributed by atoms with Crippen LogP contribution >= 0.6 is 0 Å². The van der Waals surface area contributed by atoms with Crippen LogP contribution in [0.4, 0.5) is 0 Å². The van der Waals surface area contributed by atoms with Gasteiger partial charge in [-0.3, -0.25) is 0 Å². The molecule has 0 aromatic carbocycles. The zero-order valence-electron chi connectivity index (χ0n) is 11.5. The van der Waals surface area contributed by atoms with Gasteiger partial charge in [0.25, 0.3) is 0 Å². The van der Waals surface area contributed by atoms with Crippen LogP contribution < -0.4 is 0 Å². The Bertz CT molecular complexity index is 394. The van der Waals surface area contributed by atoms with Crippen LogP contribution in [0.1, 0.15) is 48.0 Å². The smallest absolute Gasteiger partial charge is 0.00954 e. The van der Waals surface area contributed by atoms with Crippen molar-refractivity contribution in [3.05, 3.63) is 34.4 Å². The van der Waals surface area contributed by atoms with E-state index in [0.29, 0.717) is 0 Å². The van der Waals surface area contributed by atoms with Crippen molar-refractivity contribution < 1.29 is 0 Å². The predicted octanol–water partition coefficient (Wildman–Crippen LogP) is 4.89. The molecule has 0 aromatic heterocycles. The van der Waals surface area contributed by atoms with E-state index in [0.717, 1.165) is 11.8 Å². The normalized spacial score (nSPS) is 25.1. The van der Waals surface area contributed by atoms with Gasteiger partial charge in [-0.25, -0.2) is 0 Å². The van der Waals surface area contributed by atoms with Crippen molar-refractivity contribution in [2.24, 2.45) is 17.3 Å². The molecule has 0 saturated heterocycles. The van der Waals surface area contributed by atoms with E-state index in [1.165, 1.54) is 12.0 Å². The Morgan fingerprint density at radius 2 is 1.81 bits per heavy atom. The van der Waals surface area contributed by atoms with Gasteiger partial charge < -0.3 is 0 Å². The Morgan fingerprint density at radius 1 is 1.19 bits per heavy atom. The summed E-state index contributed by atoms with van der Waals surface area (Å²) < 4.78 is 0. The molecular weight excluding hydrogens is 192 g/mol. The molecule has 16 heavy (non-hydrogen) atoms. The number of fused-ring (bicyclic) bond motifs is 1. The zero-order chi connectivity index (χ0) is 12.1. The van der Waals surface area contributed by atoms with Gasteiger partial charge in [0.1, 0.15) is 0 Å². The number of hydrogen-bond donors (Lipinski definition) is 0. The maximum atomic E-state index is 2.45. The maximum Gasteiger partial charge on any atom is -0.00954 e. The van der Waals surface area contributed by atoms with E-state index in [1.54, 1.807) is 16.7 Å². The molecule has 2 rings (SSSR count). The van der Waals surface area contributed by atoms with Crippen molar-refractivity contribution in [1.82, 2.24) is 0 Å². The van der Waals surface area contributed by atoms with Gasteiger partial charge in [-0.15, -0.1) is 0 Å². The van der Waals surface area contributed by atoms with Crippen molar-refractivity contribution in [1.29, 1.82) is 0 Å². The van der Waals surface area contributed by atoms with Gasteiger partial charge in [-0.2, -0.15) is 0 Å². The molecule has 0 fully saturated rings. The maximum absolute atomic E-state index is 2.45. The Hall–Kier alpha value is -0.780. The van der Waals surface area contributed by atoms with E-state index in [4.69, 9.17) is 0 Å². The predicted molar refractivity (Wildman–Crippen MR) is 71.3 cm³/mol. The minimum atomic E-state index is 0.284.